The van der Waals surface area contributed by atoms with Crippen molar-refractivity contribution in [3.63, 3.8) is 0 Å². The Morgan fingerprint density at radius 3 is 2.57 bits per heavy atom. The Morgan fingerprint density at radius 2 is 1.93 bits per heavy atom. The molecule has 0 bridgehead atoms. The summed E-state index contributed by atoms with van der Waals surface area (Å²) in [6, 6.07) is 15.7. The number of nitrogens with zero attached hydrogens (tertiary/aromatic N) is 1. The quantitative estimate of drug-likeness (QED) is 0.835. The number of anilines is 1. The third-order valence-corrected chi connectivity index (χ3v) is 5.38. The molecule has 1 fully saturated rings. The lowest BCUT2D eigenvalue weighted by Gasteiger charge is -2.27. The minimum Gasteiger partial charge on any atom is -0.497 e. The first-order valence-electron chi connectivity index (χ1n) is 9.59. The van der Waals surface area contributed by atoms with Crippen LogP contribution in [0.2, 0.25) is 0 Å². The summed E-state index contributed by atoms with van der Waals surface area (Å²) in [4.78, 5) is 26.8. The van der Waals surface area contributed by atoms with Gasteiger partial charge in [-0.2, -0.15) is 0 Å². The van der Waals surface area contributed by atoms with Gasteiger partial charge in [-0.15, -0.1) is 0 Å². The van der Waals surface area contributed by atoms with Crippen molar-refractivity contribution in [2.75, 3.05) is 25.1 Å². The summed E-state index contributed by atoms with van der Waals surface area (Å²) >= 11 is 0. The van der Waals surface area contributed by atoms with Crippen molar-refractivity contribution in [3.05, 3.63) is 59.7 Å². The van der Waals surface area contributed by atoms with E-state index in [9.17, 15) is 9.59 Å². The Bertz CT molecular complexity index is 858. The van der Waals surface area contributed by atoms with Crippen LogP contribution in [-0.2, 0) is 15.0 Å². The van der Waals surface area contributed by atoms with Crippen molar-refractivity contribution in [3.8, 4) is 5.75 Å². The van der Waals surface area contributed by atoms with Gasteiger partial charge < -0.3 is 15.0 Å². The molecule has 1 aliphatic heterocycles. The van der Waals surface area contributed by atoms with Gasteiger partial charge in [0.2, 0.25) is 11.8 Å². The highest BCUT2D eigenvalue weighted by Crippen LogP contribution is 2.28. The molecule has 0 saturated carbocycles. The van der Waals surface area contributed by atoms with Crippen molar-refractivity contribution in [1.29, 1.82) is 0 Å². The summed E-state index contributed by atoms with van der Waals surface area (Å²) in [7, 11) is 1.61. The van der Waals surface area contributed by atoms with Gasteiger partial charge in [-0.05, 0) is 36.8 Å². The zero-order valence-corrected chi connectivity index (χ0v) is 17.0. The summed E-state index contributed by atoms with van der Waals surface area (Å²) in [5.74, 6) is 0.319. The number of nitrogens with one attached hydrogen (secondary N) is 1. The van der Waals surface area contributed by atoms with E-state index in [1.54, 1.807) is 12.0 Å². The zero-order valence-electron chi connectivity index (χ0n) is 17.0. The van der Waals surface area contributed by atoms with Gasteiger partial charge in [-0.1, -0.05) is 43.7 Å². The summed E-state index contributed by atoms with van der Waals surface area (Å²) in [6.07, 6.45) is 0.239. The van der Waals surface area contributed by atoms with Gasteiger partial charge in [0.15, 0.2) is 0 Å². The number of aryl methyl sites for hydroxylation is 1. The van der Waals surface area contributed by atoms with E-state index in [1.165, 1.54) is 11.1 Å². The Morgan fingerprint density at radius 1 is 1.21 bits per heavy atom. The molecule has 1 aliphatic rings. The number of methoxy groups -OCH3 is 1. The van der Waals surface area contributed by atoms with Crippen LogP contribution in [0.25, 0.3) is 0 Å². The van der Waals surface area contributed by atoms with E-state index in [2.05, 4.69) is 44.3 Å². The number of ether oxygens (including phenoxy) is 1. The second-order valence-electron chi connectivity index (χ2n) is 8.07. The maximum atomic E-state index is 12.7. The summed E-state index contributed by atoms with van der Waals surface area (Å²) in [5.41, 5.74) is 3.00. The third kappa shape index (κ3) is 4.35. The maximum Gasteiger partial charge on any atom is 0.227 e. The molecule has 0 radical (unpaired) electrons. The molecule has 2 amide bonds. The molecule has 1 unspecified atom stereocenters. The molecule has 28 heavy (non-hydrogen) atoms. The van der Waals surface area contributed by atoms with Crippen LogP contribution in [0, 0.1) is 12.8 Å². The molecule has 1 saturated heterocycles. The third-order valence-electron chi connectivity index (χ3n) is 5.38. The molecule has 2 aromatic carbocycles. The van der Waals surface area contributed by atoms with Gasteiger partial charge in [-0.25, -0.2) is 0 Å². The van der Waals surface area contributed by atoms with E-state index in [4.69, 9.17) is 4.74 Å². The Kier molecular flexibility index (Phi) is 5.73. The van der Waals surface area contributed by atoms with Crippen LogP contribution >= 0.6 is 0 Å². The van der Waals surface area contributed by atoms with Crippen LogP contribution in [0.15, 0.2) is 48.5 Å². The summed E-state index contributed by atoms with van der Waals surface area (Å²) in [5, 5.41) is 3.06. The molecule has 148 valence electrons. The highest BCUT2D eigenvalue weighted by atomic mass is 16.5. The fourth-order valence-electron chi connectivity index (χ4n) is 3.52. The van der Waals surface area contributed by atoms with Gasteiger partial charge in [0.1, 0.15) is 5.75 Å². The predicted octanol–water partition coefficient (Wildman–Crippen LogP) is 3.45. The number of amides is 2. The lowest BCUT2D eigenvalue weighted by Crippen LogP contribution is -2.40. The predicted molar refractivity (Wildman–Crippen MR) is 111 cm³/mol. The van der Waals surface area contributed by atoms with Gasteiger partial charge in [-0.3, -0.25) is 9.59 Å². The van der Waals surface area contributed by atoms with Crippen LogP contribution in [0.4, 0.5) is 5.69 Å². The second-order valence-corrected chi connectivity index (χ2v) is 8.07. The highest BCUT2D eigenvalue weighted by Gasteiger charge is 2.35. The van der Waals surface area contributed by atoms with Gasteiger partial charge in [0, 0.05) is 30.6 Å². The molecule has 3 rings (SSSR count). The lowest BCUT2D eigenvalue weighted by molar-refractivity contribution is -0.126. The first-order valence-corrected chi connectivity index (χ1v) is 9.59. The molecule has 0 spiro atoms. The zero-order chi connectivity index (χ0) is 20.3. The largest absolute Gasteiger partial charge is 0.497 e. The molecule has 0 aromatic heterocycles. The maximum absolute atomic E-state index is 12.7. The number of carbonyl (C=O) groups is 2. The van der Waals surface area contributed by atoms with Crippen LogP contribution < -0.4 is 15.0 Å². The molecule has 1 atom stereocenters. The number of hydrogen-bond acceptors (Lipinski definition) is 3. The van der Waals surface area contributed by atoms with E-state index in [1.807, 2.05) is 30.3 Å². The van der Waals surface area contributed by atoms with Crippen LogP contribution in [0.5, 0.6) is 5.75 Å². The average molecular weight is 380 g/mol. The van der Waals surface area contributed by atoms with E-state index < -0.39 is 0 Å². The van der Waals surface area contributed by atoms with Crippen molar-refractivity contribution in [1.82, 2.24) is 5.32 Å². The summed E-state index contributed by atoms with van der Waals surface area (Å²) in [6.45, 7) is 7.23. The lowest BCUT2D eigenvalue weighted by atomic mass is 9.84. The van der Waals surface area contributed by atoms with E-state index in [0.29, 0.717) is 13.1 Å². The number of rotatable bonds is 6. The average Bonchev–Trinajstić information content (AvgIpc) is 3.08. The number of hydrogen-bond donors (Lipinski definition) is 1. The van der Waals surface area contributed by atoms with E-state index >= 15 is 0 Å². The topological polar surface area (TPSA) is 58.6 Å². The van der Waals surface area contributed by atoms with Gasteiger partial charge >= 0.3 is 0 Å². The Hall–Kier alpha value is -2.82. The monoisotopic (exact) mass is 380 g/mol. The first kappa shape index (κ1) is 19.9. The molecular weight excluding hydrogens is 352 g/mol. The minimum absolute atomic E-state index is 0.0248. The molecule has 1 heterocycles. The van der Waals surface area contributed by atoms with E-state index in [0.717, 1.165) is 11.4 Å². The van der Waals surface area contributed by atoms with Crippen LogP contribution in [0.3, 0.4) is 0 Å². The standard InChI is InChI=1S/C23H28N2O3/c1-16-6-5-7-18(12-16)23(2,3)15-24-22(27)17-13-21(26)25(14-17)19-8-10-20(28-4)11-9-19/h5-12,17H,13-15H2,1-4H3,(H,24,27). The number of carbonyl (C=O) groups excluding carboxylic acids is 2. The molecule has 5 nitrogen and oxygen atoms in total. The fraction of sp³-hybridized carbons (Fsp3) is 0.391. The Balaban J connectivity index is 1.61. The Labute approximate surface area is 166 Å². The minimum atomic E-state index is -0.331. The van der Waals surface area contributed by atoms with Crippen LogP contribution in [-0.4, -0.2) is 32.0 Å². The first-order chi connectivity index (χ1) is 13.3. The van der Waals surface area contributed by atoms with Gasteiger partial charge in [0.25, 0.3) is 0 Å². The highest BCUT2D eigenvalue weighted by molar-refractivity contribution is 6.00. The molecular formula is C23H28N2O3. The smallest absolute Gasteiger partial charge is 0.227 e. The van der Waals surface area contributed by atoms with E-state index in [-0.39, 0.29) is 29.6 Å². The van der Waals surface area contributed by atoms with Gasteiger partial charge in [0.05, 0.1) is 13.0 Å². The SMILES string of the molecule is COc1ccc(N2CC(C(=O)NCC(C)(C)c3cccc(C)c3)CC2=O)cc1. The second kappa shape index (κ2) is 8.05. The molecule has 2 aromatic rings. The van der Waals surface area contributed by atoms with Crippen molar-refractivity contribution < 1.29 is 14.3 Å². The van der Waals surface area contributed by atoms with Crippen molar-refractivity contribution in [2.24, 2.45) is 5.92 Å². The summed E-state index contributed by atoms with van der Waals surface area (Å²) < 4.78 is 5.16. The molecule has 0 aliphatic carbocycles. The normalized spacial score (nSPS) is 16.9. The fourth-order valence-corrected chi connectivity index (χ4v) is 3.52. The molecule has 5 heteroatoms. The van der Waals surface area contributed by atoms with Crippen molar-refractivity contribution in [2.45, 2.75) is 32.6 Å². The van der Waals surface area contributed by atoms with Crippen LogP contribution in [0.1, 0.15) is 31.4 Å². The number of benzene rings is 2. The van der Waals surface area contributed by atoms with Crippen molar-refractivity contribution >= 4 is 17.5 Å². The molecule has 1 N–H and O–H groups in total.